The molecule has 76 valence electrons. The molecule has 1 aliphatic carbocycles. The van der Waals surface area contributed by atoms with Gasteiger partial charge in [0.2, 0.25) is 0 Å². The molecule has 0 aromatic carbocycles. The predicted octanol–water partition coefficient (Wildman–Crippen LogP) is 3.72. The fourth-order valence-corrected chi connectivity index (χ4v) is 2.31. The van der Waals surface area contributed by atoms with E-state index in [0.717, 1.165) is 25.0 Å². The lowest BCUT2D eigenvalue weighted by atomic mass is 9.94. The third-order valence-electron chi connectivity index (χ3n) is 3.16. The molecule has 1 nitrogen and oxygen atoms in total. The Morgan fingerprint density at radius 3 is 2.31 bits per heavy atom. The van der Waals surface area contributed by atoms with E-state index in [9.17, 15) is 4.79 Å². The van der Waals surface area contributed by atoms with Crippen molar-refractivity contribution in [1.29, 1.82) is 0 Å². The van der Waals surface area contributed by atoms with Gasteiger partial charge >= 0.3 is 0 Å². The van der Waals surface area contributed by atoms with Crippen molar-refractivity contribution in [2.75, 3.05) is 0 Å². The van der Waals surface area contributed by atoms with Gasteiger partial charge in [-0.1, -0.05) is 51.4 Å². The Kier molecular flexibility index (Phi) is 5.88. The minimum Gasteiger partial charge on any atom is -0.303 e. The van der Waals surface area contributed by atoms with Crippen LogP contribution in [0.1, 0.15) is 64.2 Å². The van der Waals surface area contributed by atoms with Gasteiger partial charge in [-0.15, -0.1) is 0 Å². The molecule has 0 aliphatic heterocycles. The number of rotatable bonds is 5. The molecule has 0 aromatic heterocycles. The highest BCUT2D eigenvalue weighted by atomic mass is 16.1. The zero-order valence-electron chi connectivity index (χ0n) is 8.63. The Morgan fingerprint density at radius 2 is 1.69 bits per heavy atom. The van der Waals surface area contributed by atoms with Gasteiger partial charge in [0, 0.05) is 6.42 Å². The van der Waals surface area contributed by atoms with E-state index in [1.807, 2.05) is 0 Å². The quantitative estimate of drug-likeness (QED) is 0.360. The van der Waals surface area contributed by atoms with Crippen LogP contribution >= 0.6 is 0 Å². The number of carbonyl (C=O) groups excluding carboxylic acids is 1. The van der Waals surface area contributed by atoms with Crippen molar-refractivity contribution >= 4 is 6.29 Å². The van der Waals surface area contributed by atoms with Gasteiger partial charge in [0.1, 0.15) is 6.29 Å². The molecule has 0 unspecified atom stereocenters. The van der Waals surface area contributed by atoms with Crippen LogP contribution < -0.4 is 0 Å². The normalized spacial score (nSPS) is 19.7. The Bertz CT molecular complexity index is 123. The molecule has 13 heavy (non-hydrogen) atoms. The van der Waals surface area contributed by atoms with E-state index < -0.39 is 0 Å². The highest BCUT2D eigenvalue weighted by Crippen LogP contribution is 2.26. The van der Waals surface area contributed by atoms with Crippen LogP contribution in [0.2, 0.25) is 0 Å². The van der Waals surface area contributed by atoms with Crippen molar-refractivity contribution in [2.45, 2.75) is 64.2 Å². The number of hydrogen-bond acceptors (Lipinski definition) is 1. The molecule has 1 heteroatoms. The number of unbranched alkanes of at least 4 members (excludes halogenated alkanes) is 2. The molecule has 0 saturated heterocycles. The lowest BCUT2D eigenvalue weighted by molar-refractivity contribution is -0.107. The molecule has 1 saturated carbocycles. The van der Waals surface area contributed by atoms with E-state index in [0.29, 0.717) is 0 Å². The second-order valence-corrected chi connectivity index (χ2v) is 4.31. The zero-order chi connectivity index (χ0) is 9.36. The van der Waals surface area contributed by atoms with Gasteiger partial charge in [-0.25, -0.2) is 0 Å². The van der Waals surface area contributed by atoms with Crippen molar-refractivity contribution in [3.05, 3.63) is 0 Å². The van der Waals surface area contributed by atoms with Gasteiger partial charge < -0.3 is 4.79 Å². The summed E-state index contributed by atoms with van der Waals surface area (Å²) in [5.41, 5.74) is 0. The predicted molar refractivity (Wildman–Crippen MR) is 55.7 cm³/mol. The number of aldehydes is 1. The fourth-order valence-electron chi connectivity index (χ4n) is 2.31. The molecule has 0 aromatic rings. The average molecular weight is 182 g/mol. The van der Waals surface area contributed by atoms with Crippen LogP contribution in [-0.2, 0) is 4.79 Å². The van der Waals surface area contributed by atoms with E-state index in [1.165, 1.54) is 51.4 Å². The topological polar surface area (TPSA) is 17.1 Å². The Hall–Kier alpha value is -0.330. The summed E-state index contributed by atoms with van der Waals surface area (Å²) in [5.74, 6) is 0.981. The van der Waals surface area contributed by atoms with Crippen LogP contribution in [0.15, 0.2) is 0 Å². The molecule has 0 heterocycles. The molecule has 1 rings (SSSR count). The SMILES string of the molecule is O=CCCCCC1CCCCCC1. The van der Waals surface area contributed by atoms with Crippen molar-refractivity contribution in [2.24, 2.45) is 5.92 Å². The third-order valence-corrected chi connectivity index (χ3v) is 3.16. The van der Waals surface area contributed by atoms with Crippen LogP contribution in [-0.4, -0.2) is 6.29 Å². The van der Waals surface area contributed by atoms with E-state index in [-0.39, 0.29) is 0 Å². The summed E-state index contributed by atoms with van der Waals surface area (Å²) < 4.78 is 0. The maximum Gasteiger partial charge on any atom is 0.119 e. The summed E-state index contributed by atoms with van der Waals surface area (Å²) >= 11 is 0. The van der Waals surface area contributed by atoms with E-state index in [4.69, 9.17) is 0 Å². The van der Waals surface area contributed by atoms with Crippen molar-refractivity contribution in [3.63, 3.8) is 0 Å². The third kappa shape index (κ3) is 5.07. The second-order valence-electron chi connectivity index (χ2n) is 4.31. The van der Waals surface area contributed by atoms with Crippen LogP contribution in [0, 0.1) is 5.92 Å². The zero-order valence-corrected chi connectivity index (χ0v) is 8.63. The van der Waals surface area contributed by atoms with Crippen LogP contribution in [0.25, 0.3) is 0 Å². The fraction of sp³-hybridized carbons (Fsp3) is 0.917. The first-order valence-electron chi connectivity index (χ1n) is 5.87. The van der Waals surface area contributed by atoms with Gasteiger partial charge in [-0.05, 0) is 12.3 Å². The summed E-state index contributed by atoms with van der Waals surface area (Å²) in [6, 6.07) is 0. The Morgan fingerprint density at radius 1 is 1.00 bits per heavy atom. The van der Waals surface area contributed by atoms with Crippen molar-refractivity contribution < 1.29 is 4.79 Å². The largest absolute Gasteiger partial charge is 0.303 e. The molecule has 0 spiro atoms. The van der Waals surface area contributed by atoms with Gasteiger partial charge in [0.15, 0.2) is 0 Å². The summed E-state index contributed by atoms with van der Waals surface area (Å²) in [5, 5.41) is 0. The molecule has 1 fully saturated rings. The molecular weight excluding hydrogens is 160 g/mol. The lowest BCUT2D eigenvalue weighted by Gasteiger charge is -2.12. The van der Waals surface area contributed by atoms with E-state index in [2.05, 4.69) is 0 Å². The number of hydrogen-bond donors (Lipinski definition) is 0. The standard InChI is InChI=1S/C12H22O/c13-11-7-3-6-10-12-8-4-1-2-5-9-12/h11-12H,1-10H2. The maximum atomic E-state index is 10.1. The van der Waals surface area contributed by atoms with Crippen molar-refractivity contribution in [3.8, 4) is 0 Å². The van der Waals surface area contributed by atoms with E-state index >= 15 is 0 Å². The summed E-state index contributed by atoms with van der Waals surface area (Å²) in [4.78, 5) is 10.1. The number of carbonyl (C=O) groups is 1. The lowest BCUT2D eigenvalue weighted by Crippen LogP contribution is -1.98. The maximum absolute atomic E-state index is 10.1. The first-order valence-corrected chi connectivity index (χ1v) is 5.87. The average Bonchev–Trinajstić information content (AvgIpc) is 2.41. The van der Waals surface area contributed by atoms with Crippen LogP contribution in [0.3, 0.4) is 0 Å². The van der Waals surface area contributed by atoms with Gasteiger partial charge in [0.25, 0.3) is 0 Å². The summed E-state index contributed by atoms with van der Waals surface area (Å²) in [6.45, 7) is 0. The molecule has 0 N–H and O–H groups in total. The first kappa shape index (κ1) is 10.7. The second kappa shape index (κ2) is 7.11. The highest BCUT2D eigenvalue weighted by Gasteiger charge is 2.11. The summed E-state index contributed by atoms with van der Waals surface area (Å²) in [7, 11) is 0. The monoisotopic (exact) mass is 182 g/mol. The molecule has 0 atom stereocenters. The minimum atomic E-state index is 0.771. The molecular formula is C12H22O. The smallest absolute Gasteiger partial charge is 0.119 e. The molecule has 0 radical (unpaired) electrons. The minimum absolute atomic E-state index is 0.771. The Labute approximate surface area is 81.9 Å². The van der Waals surface area contributed by atoms with E-state index in [1.54, 1.807) is 0 Å². The van der Waals surface area contributed by atoms with Gasteiger partial charge in [-0.3, -0.25) is 0 Å². The highest BCUT2D eigenvalue weighted by molar-refractivity contribution is 5.48. The molecule has 0 bridgehead atoms. The first-order chi connectivity index (χ1) is 6.43. The summed E-state index contributed by atoms with van der Waals surface area (Å²) in [6.07, 6.45) is 14.2. The molecule has 1 aliphatic rings. The van der Waals surface area contributed by atoms with Crippen LogP contribution in [0.4, 0.5) is 0 Å². The van der Waals surface area contributed by atoms with Crippen molar-refractivity contribution in [1.82, 2.24) is 0 Å². The van der Waals surface area contributed by atoms with Gasteiger partial charge in [-0.2, -0.15) is 0 Å². The molecule has 0 amide bonds. The van der Waals surface area contributed by atoms with Gasteiger partial charge in [0.05, 0.1) is 0 Å². The Balaban J connectivity index is 2.01. The van der Waals surface area contributed by atoms with Crippen LogP contribution in [0.5, 0.6) is 0 Å².